The zero-order valence-corrected chi connectivity index (χ0v) is 10.5. The van der Waals surface area contributed by atoms with Crippen molar-refractivity contribution in [2.24, 2.45) is 0 Å². The number of benzene rings is 1. The molecule has 100 valence electrons. The van der Waals surface area contributed by atoms with Crippen LogP contribution < -0.4 is 0 Å². The second kappa shape index (κ2) is 5.77. The normalized spacial score (nSPS) is 11.9. The number of Topliss-reactive ketones (excluding diaryl/α,β-unsaturated/α-hetero) is 1. The van der Waals surface area contributed by atoms with Crippen molar-refractivity contribution in [3.05, 3.63) is 34.9 Å². The smallest absolute Gasteiger partial charge is 0.298 e. The van der Waals surface area contributed by atoms with Gasteiger partial charge < -0.3 is 0 Å². The Kier molecular flexibility index (Phi) is 4.84. The number of alkyl halides is 6. The van der Waals surface area contributed by atoms with Crippen molar-refractivity contribution in [2.45, 2.75) is 19.0 Å². The minimum atomic E-state index is -4.86. The highest BCUT2D eigenvalue weighted by atomic mass is 79.9. The SMILES string of the molecule is O=C(CBr)Cc1cccc(C(F)(F)F)c1C(F)F. The molecule has 0 fully saturated rings. The van der Waals surface area contributed by atoms with E-state index in [0.29, 0.717) is 6.07 Å². The van der Waals surface area contributed by atoms with E-state index in [2.05, 4.69) is 15.9 Å². The van der Waals surface area contributed by atoms with Gasteiger partial charge in [-0.1, -0.05) is 28.1 Å². The predicted octanol–water partition coefficient (Wildman–Crippen LogP) is 4.15. The molecule has 0 aliphatic rings. The molecular weight excluding hydrogens is 323 g/mol. The van der Waals surface area contributed by atoms with Gasteiger partial charge in [-0.25, -0.2) is 8.78 Å². The predicted molar refractivity (Wildman–Crippen MR) is 58.9 cm³/mol. The van der Waals surface area contributed by atoms with Gasteiger partial charge in [0.05, 0.1) is 10.9 Å². The molecule has 0 radical (unpaired) electrons. The summed E-state index contributed by atoms with van der Waals surface area (Å²) in [5.74, 6) is -0.462. The molecule has 0 aliphatic carbocycles. The van der Waals surface area contributed by atoms with Crippen LogP contribution in [0.1, 0.15) is 23.1 Å². The molecule has 1 aromatic rings. The fourth-order valence-electron chi connectivity index (χ4n) is 1.53. The molecule has 7 heteroatoms. The molecule has 0 aromatic heterocycles. The highest BCUT2D eigenvalue weighted by molar-refractivity contribution is 9.09. The first-order valence-electron chi connectivity index (χ1n) is 4.82. The Morgan fingerprint density at radius 2 is 1.89 bits per heavy atom. The van der Waals surface area contributed by atoms with E-state index in [1.54, 1.807) is 0 Å². The van der Waals surface area contributed by atoms with Crippen molar-refractivity contribution in [2.75, 3.05) is 5.33 Å². The third-order valence-electron chi connectivity index (χ3n) is 2.26. The van der Waals surface area contributed by atoms with Crippen molar-refractivity contribution < 1.29 is 26.7 Å². The van der Waals surface area contributed by atoms with Crippen LogP contribution in [0.3, 0.4) is 0 Å². The molecule has 1 nitrogen and oxygen atoms in total. The summed E-state index contributed by atoms with van der Waals surface area (Å²) in [5, 5.41) is -0.0913. The fraction of sp³-hybridized carbons (Fsp3) is 0.364. The molecule has 0 spiro atoms. The number of carbonyl (C=O) groups excluding carboxylic acids is 1. The van der Waals surface area contributed by atoms with Crippen LogP contribution in [0.4, 0.5) is 22.0 Å². The Balaban J connectivity index is 3.31. The van der Waals surface area contributed by atoms with E-state index >= 15 is 0 Å². The summed E-state index contributed by atoms with van der Waals surface area (Å²) in [6.07, 6.45) is -8.59. The van der Waals surface area contributed by atoms with E-state index in [4.69, 9.17) is 0 Å². The van der Waals surface area contributed by atoms with Gasteiger partial charge in [0.25, 0.3) is 6.43 Å². The Hall–Kier alpha value is -0.980. The van der Waals surface area contributed by atoms with Crippen molar-refractivity contribution in [1.82, 2.24) is 0 Å². The monoisotopic (exact) mass is 330 g/mol. The lowest BCUT2D eigenvalue weighted by Crippen LogP contribution is -2.14. The Morgan fingerprint density at radius 1 is 1.28 bits per heavy atom. The van der Waals surface area contributed by atoms with Crippen LogP contribution in [0.2, 0.25) is 0 Å². The van der Waals surface area contributed by atoms with Gasteiger partial charge in [0.15, 0.2) is 0 Å². The average molecular weight is 331 g/mol. The van der Waals surface area contributed by atoms with E-state index in [9.17, 15) is 26.7 Å². The lowest BCUT2D eigenvalue weighted by atomic mass is 9.97. The Bertz CT molecular complexity index is 442. The molecule has 0 unspecified atom stereocenters. The van der Waals surface area contributed by atoms with Crippen LogP contribution in [0.5, 0.6) is 0 Å². The first-order valence-corrected chi connectivity index (χ1v) is 5.94. The van der Waals surface area contributed by atoms with Crippen LogP contribution in [0, 0.1) is 0 Å². The standard InChI is InChI=1S/C11H8BrF5O/c12-5-7(18)4-6-2-1-3-8(11(15,16)17)9(6)10(13)14/h1-3,10H,4-5H2. The molecule has 0 heterocycles. The van der Waals surface area contributed by atoms with E-state index in [-0.39, 0.29) is 10.9 Å². The van der Waals surface area contributed by atoms with Gasteiger partial charge >= 0.3 is 6.18 Å². The van der Waals surface area contributed by atoms with Crippen molar-refractivity contribution in [3.63, 3.8) is 0 Å². The molecule has 0 aliphatic heterocycles. The fourth-order valence-corrected chi connectivity index (χ4v) is 1.73. The van der Waals surface area contributed by atoms with Gasteiger partial charge in [-0.3, -0.25) is 4.79 Å². The molecule has 1 rings (SSSR count). The van der Waals surface area contributed by atoms with Gasteiger partial charge in [0.2, 0.25) is 0 Å². The summed E-state index contributed by atoms with van der Waals surface area (Å²) in [6, 6.07) is 2.71. The largest absolute Gasteiger partial charge is 0.416 e. The van der Waals surface area contributed by atoms with Crippen molar-refractivity contribution in [1.29, 1.82) is 0 Å². The Morgan fingerprint density at radius 3 is 2.33 bits per heavy atom. The maximum Gasteiger partial charge on any atom is 0.416 e. The van der Waals surface area contributed by atoms with E-state index in [0.717, 1.165) is 12.1 Å². The molecule has 0 saturated heterocycles. The van der Waals surface area contributed by atoms with Gasteiger partial charge in [-0.05, 0) is 11.6 Å². The summed E-state index contributed by atoms with van der Waals surface area (Å²) >= 11 is 2.83. The van der Waals surface area contributed by atoms with Gasteiger partial charge in [0, 0.05) is 12.0 Å². The number of hydrogen-bond donors (Lipinski definition) is 0. The third-order valence-corrected chi connectivity index (χ3v) is 2.88. The van der Waals surface area contributed by atoms with E-state index in [1.807, 2.05) is 0 Å². The maximum atomic E-state index is 12.7. The summed E-state index contributed by atoms with van der Waals surface area (Å²) in [5.41, 5.74) is -2.79. The van der Waals surface area contributed by atoms with Gasteiger partial charge in [-0.15, -0.1) is 0 Å². The van der Waals surface area contributed by atoms with Crippen LogP contribution in [0.15, 0.2) is 18.2 Å². The second-order valence-corrected chi connectivity index (χ2v) is 4.09. The third kappa shape index (κ3) is 3.51. The molecule has 1 aromatic carbocycles. The highest BCUT2D eigenvalue weighted by Crippen LogP contribution is 2.38. The van der Waals surface area contributed by atoms with Crippen LogP contribution >= 0.6 is 15.9 Å². The molecule has 0 N–H and O–H groups in total. The number of ketones is 1. The molecule has 18 heavy (non-hydrogen) atoms. The lowest BCUT2D eigenvalue weighted by Gasteiger charge is -2.15. The highest BCUT2D eigenvalue weighted by Gasteiger charge is 2.36. The zero-order valence-electron chi connectivity index (χ0n) is 8.90. The molecule has 0 saturated carbocycles. The van der Waals surface area contributed by atoms with Gasteiger partial charge in [-0.2, -0.15) is 13.2 Å². The van der Waals surface area contributed by atoms with Crippen LogP contribution in [0.25, 0.3) is 0 Å². The second-order valence-electron chi connectivity index (χ2n) is 3.53. The first kappa shape index (κ1) is 15.1. The maximum absolute atomic E-state index is 12.7. The van der Waals surface area contributed by atoms with Crippen molar-refractivity contribution in [3.8, 4) is 0 Å². The average Bonchev–Trinajstić information content (AvgIpc) is 2.27. The molecule has 0 atom stereocenters. The topological polar surface area (TPSA) is 17.1 Å². The van der Waals surface area contributed by atoms with Gasteiger partial charge in [0.1, 0.15) is 5.78 Å². The number of halogens is 6. The van der Waals surface area contributed by atoms with Crippen LogP contribution in [-0.4, -0.2) is 11.1 Å². The lowest BCUT2D eigenvalue weighted by molar-refractivity contribution is -0.139. The Labute approximate surface area is 108 Å². The minimum absolute atomic E-state index is 0.0913. The summed E-state index contributed by atoms with van der Waals surface area (Å²) in [4.78, 5) is 11.1. The van der Waals surface area contributed by atoms with Crippen LogP contribution in [-0.2, 0) is 17.4 Å². The summed E-state index contributed by atoms with van der Waals surface area (Å²) in [6.45, 7) is 0. The molecular formula is C11H8BrF5O. The zero-order chi connectivity index (χ0) is 13.9. The first-order chi connectivity index (χ1) is 8.27. The van der Waals surface area contributed by atoms with E-state index in [1.165, 1.54) is 0 Å². The number of carbonyl (C=O) groups is 1. The number of rotatable bonds is 4. The van der Waals surface area contributed by atoms with Crippen molar-refractivity contribution >= 4 is 21.7 Å². The molecule has 0 bridgehead atoms. The quantitative estimate of drug-likeness (QED) is 0.598. The van der Waals surface area contributed by atoms with E-state index < -0.39 is 35.9 Å². The minimum Gasteiger partial charge on any atom is -0.298 e. The molecule has 0 amide bonds. The summed E-state index contributed by atoms with van der Waals surface area (Å²) < 4.78 is 63.2. The number of hydrogen-bond acceptors (Lipinski definition) is 1. The summed E-state index contributed by atoms with van der Waals surface area (Å²) in [7, 11) is 0.